The highest BCUT2D eigenvalue weighted by atomic mass is 15.3. The summed E-state index contributed by atoms with van der Waals surface area (Å²) in [6.45, 7) is 8.32. The largest absolute Gasteiger partial charge is 0.313 e. The summed E-state index contributed by atoms with van der Waals surface area (Å²) in [4.78, 5) is 0. The molecule has 1 aromatic carbocycles. The second-order valence-electron chi connectivity index (χ2n) is 4.65. The van der Waals surface area contributed by atoms with Gasteiger partial charge in [0, 0.05) is 12.2 Å². The van der Waals surface area contributed by atoms with Crippen LogP contribution in [0.4, 0.5) is 0 Å². The summed E-state index contributed by atoms with van der Waals surface area (Å²) in [5, 5.41) is 8.12. The molecule has 0 radical (unpaired) electrons. The van der Waals surface area contributed by atoms with E-state index in [4.69, 9.17) is 5.10 Å². The number of aryl methyl sites for hydroxylation is 2. The van der Waals surface area contributed by atoms with Crippen LogP contribution in [-0.4, -0.2) is 16.3 Å². The molecule has 102 valence electrons. The number of benzene rings is 1. The van der Waals surface area contributed by atoms with Gasteiger partial charge in [0.2, 0.25) is 0 Å². The minimum Gasteiger partial charge on any atom is -0.313 e. The van der Waals surface area contributed by atoms with Crippen molar-refractivity contribution in [3.8, 4) is 5.69 Å². The average molecular weight is 257 g/mol. The standard InChI is InChI=1S/C16H23N3/c1-4-14-11-15(5-2)19(18-14)16-10-8-7-9-13(16)12-17-6-3/h7-11,17H,4-6,12H2,1-3H3. The summed E-state index contributed by atoms with van der Waals surface area (Å²) in [6, 6.07) is 10.7. The number of nitrogens with one attached hydrogen (secondary N) is 1. The van der Waals surface area contributed by atoms with Crippen LogP contribution in [0, 0.1) is 0 Å². The van der Waals surface area contributed by atoms with E-state index in [9.17, 15) is 0 Å². The Morgan fingerprint density at radius 1 is 1.11 bits per heavy atom. The second-order valence-corrected chi connectivity index (χ2v) is 4.65. The fraction of sp³-hybridized carbons (Fsp3) is 0.438. The molecule has 2 aromatic rings. The molecule has 0 aliphatic heterocycles. The van der Waals surface area contributed by atoms with E-state index in [1.807, 2.05) is 0 Å². The van der Waals surface area contributed by atoms with Gasteiger partial charge in [0.25, 0.3) is 0 Å². The first-order chi connectivity index (χ1) is 9.30. The summed E-state index contributed by atoms with van der Waals surface area (Å²) in [5.41, 5.74) is 4.93. The Bertz CT molecular complexity index is 529. The summed E-state index contributed by atoms with van der Waals surface area (Å²) in [5.74, 6) is 0. The normalized spacial score (nSPS) is 10.9. The Labute approximate surface area is 115 Å². The van der Waals surface area contributed by atoms with Crippen molar-refractivity contribution in [1.82, 2.24) is 15.1 Å². The average Bonchev–Trinajstić information content (AvgIpc) is 2.88. The number of nitrogens with zero attached hydrogens (tertiary/aromatic N) is 2. The predicted molar refractivity (Wildman–Crippen MR) is 79.7 cm³/mol. The molecular formula is C16H23N3. The molecule has 1 heterocycles. The van der Waals surface area contributed by atoms with Crippen molar-refractivity contribution >= 4 is 0 Å². The maximum absolute atomic E-state index is 4.73. The molecule has 0 bridgehead atoms. The van der Waals surface area contributed by atoms with E-state index in [0.717, 1.165) is 31.6 Å². The Balaban J connectivity index is 2.42. The van der Waals surface area contributed by atoms with Crippen molar-refractivity contribution in [2.24, 2.45) is 0 Å². The van der Waals surface area contributed by atoms with Gasteiger partial charge in [-0.3, -0.25) is 0 Å². The predicted octanol–water partition coefficient (Wildman–Crippen LogP) is 3.11. The van der Waals surface area contributed by atoms with Crippen LogP contribution < -0.4 is 5.32 Å². The topological polar surface area (TPSA) is 29.9 Å². The fourth-order valence-electron chi connectivity index (χ4n) is 2.23. The summed E-state index contributed by atoms with van der Waals surface area (Å²) in [7, 11) is 0. The van der Waals surface area contributed by atoms with Crippen LogP contribution >= 0.6 is 0 Å². The van der Waals surface area contributed by atoms with Gasteiger partial charge in [-0.15, -0.1) is 0 Å². The summed E-state index contributed by atoms with van der Waals surface area (Å²) < 4.78 is 2.10. The Kier molecular flexibility index (Phi) is 4.74. The van der Waals surface area contributed by atoms with Crippen LogP contribution in [-0.2, 0) is 19.4 Å². The maximum Gasteiger partial charge on any atom is 0.0693 e. The second kappa shape index (κ2) is 6.53. The molecule has 0 aliphatic rings. The van der Waals surface area contributed by atoms with Gasteiger partial charge >= 0.3 is 0 Å². The van der Waals surface area contributed by atoms with E-state index in [1.165, 1.54) is 16.9 Å². The molecule has 3 heteroatoms. The Morgan fingerprint density at radius 3 is 2.58 bits per heavy atom. The first-order valence-corrected chi connectivity index (χ1v) is 7.16. The molecule has 0 unspecified atom stereocenters. The van der Waals surface area contributed by atoms with Crippen molar-refractivity contribution in [1.29, 1.82) is 0 Å². The quantitative estimate of drug-likeness (QED) is 0.861. The van der Waals surface area contributed by atoms with E-state index in [-0.39, 0.29) is 0 Å². The molecule has 1 aromatic heterocycles. The zero-order valence-electron chi connectivity index (χ0n) is 12.1. The molecule has 0 saturated heterocycles. The van der Waals surface area contributed by atoms with Crippen molar-refractivity contribution < 1.29 is 0 Å². The monoisotopic (exact) mass is 257 g/mol. The fourth-order valence-corrected chi connectivity index (χ4v) is 2.23. The summed E-state index contributed by atoms with van der Waals surface area (Å²) in [6.07, 6.45) is 1.98. The lowest BCUT2D eigenvalue weighted by atomic mass is 10.1. The van der Waals surface area contributed by atoms with Crippen LogP contribution in [0.15, 0.2) is 30.3 Å². The van der Waals surface area contributed by atoms with Crippen LogP contribution in [0.5, 0.6) is 0 Å². The molecule has 0 amide bonds. The van der Waals surface area contributed by atoms with Gasteiger partial charge in [-0.2, -0.15) is 5.10 Å². The summed E-state index contributed by atoms with van der Waals surface area (Å²) >= 11 is 0. The Morgan fingerprint density at radius 2 is 1.89 bits per heavy atom. The molecule has 0 spiro atoms. The highest BCUT2D eigenvalue weighted by Crippen LogP contribution is 2.18. The lowest BCUT2D eigenvalue weighted by Gasteiger charge is -2.12. The van der Waals surface area contributed by atoms with E-state index >= 15 is 0 Å². The lowest BCUT2D eigenvalue weighted by molar-refractivity contribution is 0.710. The van der Waals surface area contributed by atoms with Gasteiger partial charge in [0.1, 0.15) is 0 Å². The highest BCUT2D eigenvalue weighted by molar-refractivity contribution is 5.42. The third-order valence-corrected chi connectivity index (χ3v) is 3.34. The van der Waals surface area contributed by atoms with Gasteiger partial charge in [-0.1, -0.05) is 39.0 Å². The van der Waals surface area contributed by atoms with Crippen molar-refractivity contribution in [3.63, 3.8) is 0 Å². The van der Waals surface area contributed by atoms with Gasteiger partial charge in [-0.05, 0) is 37.1 Å². The van der Waals surface area contributed by atoms with Crippen molar-refractivity contribution in [2.45, 2.75) is 40.2 Å². The minimum atomic E-state index is 0.886. The molecule has 0 saturated carbocycles. The minimum absolute atomic E-state index is 0.886. The van der Waals surface area contributed by atoms with E-state index in [2.05, 4.69) is 61.1 Å². The molecule has 19 heavy (non-hydrogen) atoms. The molecular weight excluding hydrogens is 234 g/mol. The molecule has 0 fully saturated rings. The first-order valence-electron chi connectivity index (χ1n) is 7.16. The van der Waals surface area contributed by atoms with Crippen LogP contribution in [0.2, 0.25) is 0 Å². The van der Waals surface area contributed by atoms with E-state index < -0.39 is 0 Å². The first kappa shape index (κ1) is 13.8. The molecule has 3 nitrogen and oxygen atoms in total. The van der Waals surface area contributed by atoms with Gasteiger partial charge < -0.3 is 5.32 Å². The van der Waals surface area contributed by atoms with Gasteiger partial charge in [0.15, 0.2) is 0 Å². The van der Waals surface area contributed by atoms with Crippen LogP contribution in [0.1, 0.15) is 37.7 Å². The molecule has 1 N–H and O–H groups in total. The number of para-hydroxylation sites is 1. The zero-order chi connectivity index (χ0) is 13.7. The zero-order valence-corrected chi connectivity index (χ0v) is 12.1. The lowest BCUT2D eigenvalue weighted by Crippen LogP contribution is -2.15. The smallest absolute Gasteiger partial charge is 0.0693 e. The number of hydrogen-bond donors (Lipinski definition) is 1. The molecule has 2 rings (SSSR count). The SMILES string of the molecule is CCNCc1ccccc1-n1nc(CC)cc1CC. The number of aromatic nitrogens is 2. The third kappa shape index (κ3) is 3.04. The van der Waals surface area contributed by atoms with Crippen molar-refractivity contribution in [3.05, 3.63) is 47.3 Å². The highest BCUT2D eigenvalue weighted by Gasteiger charge is 2.10. The van der Waals surface area contributed by atoms with Crippen LogP contribution in [0.25, 0.3) is 5.69 Å². The van der Waals surface area contributed by atoms with Gasteiger partial charge in [0.05, 0.1) is 11.4 Å². The number of rotatable bonds is 6. The van der Waals surface area contributed by atoms with Crippen molar-refractivity contribution in [2.75, 3.05) is 6.54 Å². The van der Waals surface area contributed by atoms with Crippen LogP contribution in [0.3, 0.4) is 0 Å². The third-order valence-electron chi connectivity index (χ3n) is 3.34. The van der Waals surface area contributed by atoms with E-state index in [0.29, 0.717) is 0 Å². The van der Waals surface area contributed by atoms with E-state index in [1.54, 1.807) is 0 Å². The molecule has 0 atom stereocenters. The Hall–Kier alpha value is -1.61. The number of hydrogen-bond acceptors (Lipinski definition) is 2. The maximum atomic E-state index is 4.73. The molecule has 0 aliphatic carbocycles. The van der Waals surface area contributed by atoms with Gasteiger partial charge in [-0.25, -0.2) is 4.68 Å².